The lowest BCUT2D eigenvalue weighted by atomic mass is 10.3. The van der Waals surface area contributed by atoms with E-state index in [1.54, 1.807) is 6.92 Å². The van der Waals surface area contributed by atoms with Gasteiger partial charge in [0.25, 0.3) is 0 Å². The molecule has 1 atom stereocenters. The molecule has 0 aliphatic heterocycles. The van der Waals surface area contributed by atoms with Crippen molar-refractivity contribution in [3.8, 4) is 0 Å². The molecule has 0 aromatic heterocycles. The van der Waals surface area contributed by atoms with Crippen LogP contribution in [0.15, 0.2) is 5.16 Å². The molecule has 1 unspecified atom stereocenters. The molecule has 0 aliphatic carbocycles. The summed E-state index contributed by atoms with van der Waals surface area (Å²) in [6.45, 7) is 3.08. The molecule has 2 N–H and O–H groups in total. The molecule has 0 bridgehead atoms. The number of aliphatic hydroxyl groups is 1. The first-order valence-corrected chi connectivity index (χ1v) is 2.05. The van der Waals surface area contributed by atoms with Gasteiger partial charge in [-0.05, 0) is 13.8 Å². The van der Waals surface area contributed by atoms with Crippen molar-refractivity contribution >= 4 is 5.71 Å². The Morgan fingerprint density at radius 3 is 2.14 bits per heavy atom. The van der Waals surface area contributed by atoms with E-state index in [4.69, 9.17) is 10.3 Å². The molecule has 0 radical (unpaired) electrons. The van der Waals surface area contributed by atoms with Gasteiger partial charge in [0, 0.05) is 0 Å². The van der Waals surface area contributed by atoms with Crippen molar-refractivity contribution in [1.29, 1.82) is 0 Å². The summed E-state index contributed by atoms with van der Waals surface area (Å²) < 4.78 is 0. The van der Waals surface area contributed by atoms with Crippen molar-refractivity contribution in [2.45, 2.75) is 20.0 Å². The number of rotatable bonds is 1. The predicted molar refractivity (Wildman–Crippen MR) is 26.6 cm³/mol. The standard InChI is InChI=1S/C4H9NO2/c1-3(5-7)4(2)6/h4,6-7H,1-2H3/b5-3-. The number of nitrogens with zero attached hydrogens (tertiary/aromatic N) is 1. The van der Waals surface area contributed by atoms with Gasteiger partial charge in [-0.1, -0.05) is 5.16 Å². The maximum atomic E-state index is 8.53. The Kier molecular flexibility index (Phi) is 2.37. The second-order valence-corrected chi connectivity index (χ2v) is 1.42. The Hall–Kier alpha value is -0.570. The molecule has 3 nitrogen and oxygen atoms in total. The van der Waals surface area contributed by atoms with Crippen molar-refractivity contribution in [2.75, 3.05) is 0 Å². The van der Waals surface area contributed by atoms with Crippen LogP contribution in [0.1, 0.15) is 13.8 Å². The van der Waals surface area contributed by atoms with Crippen LogP contribution in [0.2, 0.25) is 0 Å². The quantitative estimate of drug-likeness (QED) is 0.283. The summed E-state index contributed by atoms with van der Waals surface area (Å²) in [7, 11) is 0. The van der Waals surface area contributed by atoms with Crippen molar-refractivity contribution in [1.82, 2.24) is 0 Å². The third-order valence-corrected chi connectivity index (χ3v) is 0.762. The van der Waals surface area contributed by atoms with Crippen LogP contribution >= 0.6 is 0 Å². The van der Waals surface area contributed by atoms with Gasteiger partial charge in [-0.2, -0.15) is 0 Å². The second-order valence-electron chi connectivity index (χ2n) is 1.42. The topological polar surface area (TPSA) is 52.8 Å². The van der Waals surface area contributed by atoms with Crippen LogP contribution in [0.25, 0.3) is 0 Å². The van der Waals surface area contributed by atoms with Gasteiger partial charge < -0.3 is 10.3 Å². The summed E-state index contributed by atoms with van der Waals surface area (Å²) in [5.41, 5.74) is 0.333. The Morgan fingerprint density at radius 2 is 2.14 bits per heavy atom. The average molecular weight is 103 g/mol. The molecule has 0 fully saturated rings. The highest BCUT2D eigenvalue weighted by molar-refractivity contribution is 5.85. The van der Waals surface area contributed by atoms with Crippen molar-refractivity contribution < 1.29 is 10.3 Å². The summed E-state index contributed by atoms with van der Waals surface area (Å²) >= 11 is 0. The molecule has 0 aromatic carbocycles. The summed E-state index contributed by atoms with van der Waals surface area (Å²) in [6, 6.07) is 0. The SMILES string of the molecule is C/C(=N/O)C(C)O. The summed E-state index contributed by atoms with van der Waals surface area (Å²) in [6.07, 6.45) is -0.634. The normalized spacial score (nSPS) is 16.7. The van der Waals surface area contributed by atoms with Crippen LogP contribution in [0.4, 0.5) is 0 Å². The molecule has 0 heterocycles. The highest BCUT2D eigenvalue weighted by Gasteiger charge is 1.96. The van der Waals surface area contributed by atoms with Gasteiger partial charge in [-0.3, -0.25) is 0 Å². The smallest absolute Gasteiger partial charge is 0.0923 e. The Labute approximate surface area is 42.3 Å². The maximum absolute atomic E-state index is 8.53. The monoisotopic (exact) mass is 103 g/mol. The Morgan fingerprint density at radius 1 is 1.71 bits per heavy atom. The van der Waals surface area contributed by atoms with Gasteiger partial charge in [0.1, 0.15) is 0 Å². The molecule has 0 spiro atoms. The molecule has 0 aromatic rings. The van der Waals surface area contributed by atoms with Gasteiger partial charge >= 0.3 is 0 Å². The van der Waals surface area contributed by atoms with Crippen LogP contribution in [-0.2, 0) is 0 Å². The highest BCUT2D eigenvalue weighted by Crippen LogP contribution is 1.82. The third-order valence-electron chi connectivity index (χ3n) is 0.762. The van der Waals surface area contributed by atoms with Gasteiger partial charge in [0.15, 0.2) is 0 Å². The number of hydrogen-bond donors (Lipinski definition) is 2. The number of hydrogen-bond acceptors (Lipinski definition) is 3. The lowest BCUT2D eigenvalue weighted by Crippen LogP contribution is -2.11. The maximum Gasteiger partial charge on any atom is 0.0923 e. The lowest BCUT2D eigenvalue weighted by molar-refractivity contribution is 0.247. The molecular formula is C4H9NO2. The van der Waals surface area contributed by atoms with Crippen molar-refractivity contribution in [3.63, 3.8) is 0 Å². The van der Waals surface area contributed by atoms with E-state index in [0.717, 1.165) is 0 Å². The van der Waals surface area contributed by atoms with E-state index in [1.807, 2.05) is 0 Å². The number of aliphatic hydroxyl groups excluding tert-OH is 1. The minimum atomic E-state index is -0.634. The van der Waals surface area contributed by atoms with Crippen LogP contribution < -0.4 is 0 Å². The zero-order valence-corrected chi connectivity index (χ0v) is 4.42. The molecule has 0 amide bonds. The molecule has 0 saturated carbocycles. The van der Waals surface area contributed by atoms with Crippen LogP contribution in [0, 0.1) is 0 Å². The minimum Gasteiger partial charge on any atom is -0.411 e. The number of oxime groups is 1. The molecule has 3 heteroatoms. The zero-order chi connectivity index (χ0) is 5.86. The summed E-state index contributed by atoms with van der Waals surface area (Å²) in [5, 5.41) is 19.2. The fourth-order valence-electron chi connectivity index (χ4n) is 0.0836. The van der Waals surface area contributed by atoms with E-state index in [9.17, 15) is 0 Å². The second kappa shape index (κ2) is 2.58. The molecule has 0 saturated heterocycles. The summed E-state index contributed by atoms with van der Waals surface area (Å²) in [4.78, 5) is 0. The van der Waals surface area contributed by atoms with E-state index >= 15 is 0 Å². The van der Waals surface area contributed by atoms with Crippen LogP contribution in [0.3, 0.4) is 0 Å². The fraction of sp³-hybridized carbons (Fsp3) is 0.750. The Bertz CT molecular complexity index is 77.8. The van der Waals surface area contributed by atoms with E-state index in [0.29, 0.717) is 5.71 Å². The molecule has 0 rings (SSSR count). The first-order valence-electron chi connectivity index (χ1n) is 2.05. The predicted octanol–water partition coefficient (Wildman–Crippen LogP) is 0.217. The molecule has 7 heavy (non-hydrogen) atoms. The Balaban J connectivity index is 3.56. The first-order chi connectivity index (χ1) is 3.18. The van der Waals surface area contributed by atoms with E-state index in [1.165, 1.54) is 6.92 Å². The fourth-order valence-corrected chi connectivity index (χ4v) is 0.0836. The van der Waals surface area contributed by atoms with Gasteiger partial charge in [0.2, 0.25) is 0 Å². The molecule has 0 aliphatic rings. The van der Waals surface area contributed by atoms with Crippen LogP contribution in [0.5, 0.6) is 0 Å². The van der Waals surface area contributed by atoms with Gasteiger partial charge in [-0.25, -0.2) is 0 Å². The van der Waals surface area contributed by atoms with E-state index in [-0.39, 0.29) is 0 Å². The lowest BCUT2D eigenvalue weighted by Gasteiger charge is -1.96. The van der Waals surface area contributed by atoms with Crippen LogP contribution in [-0.4, -0.2) is 22.1 Å². The van der Waals surface area contributed by atoms with Gasteiger partial charge in [0.05, 0.1) is 11.8 Å². The average Bonchev–Trinajstić information content (AvgIpc) is 1.65. The molecule has 42 valence electrons. The van der Waals surface area contributed by atoms with Crippen molar-refractivity contribution in [2.24, 2.45) is 5.16 Å². The van der Waals surface area contributed by atoms with Crippen molar-refractivity contribution in [3.05, 3.63) is 0 Å². The van der Waals surface area contributed by atoms with E-state index in [2.05, 4.69) is 5.16 Å². The largest absolute Gasteiger partial charge is 0.411 e. The van der Waals surface area contributed by atoms with Gasteiger partial charge in [-0.15, -0.1) is 0 Å². The molecular weight excluding hydrogens is 94.0 g/mol. The zero-order valence-electron chi connectivity index (χ0n) is 4.42. The van der Waals surface area contributed by atoms with E-state index < -0.39 is 6.10 Å². The minimum absolute atomic E-state index is 0.333. The first kappa shape index (κ1) is 6.43. The summed E-state index contributed by atoms with van der Waals surface area (Å²) in [5.74, 6) is 0. The highest BCUT2D eigenvalue weighted by atomic mass is 16.4. The third kappa shape index (κ3) is 2.17.